The maximum Gasteiger partial charge on any atom is 0.350 e. The van der Waals surface area contributed by atoms with Crippen molar-refractivity contribution in [2.75, 3.05) is 19.0 Å². The predicted octanol–water partition coefficient (Wildman–Crippen LogP) is 3.47. The maximum atomic E-state index is 12.3. The number of rotatable bonds is 7. The molecule has 7 nitrogen and oxygen atoms in total. The monoisotopic (exact) mass is 405 g/mol. The van der Waals surface area contributed by atoms with Crippen molar-refractivity contribution in [2.45, 2.75) is 19.4 Å². The van der Waals surface area contributed by atoms with Gasteiger partial charge >= 0.3 is 11.9 Å². The van der Waals surface area contributed by atoms with Gasteiger partial charge in [-0.2, -0.15) is 0 Å². The van der Waals surface area contributed by atoms with Gasteiger partial charge in [-0.15, -0.1) is 0 Å². The number of nitrogens with one attached hydrogen (secondary N) is 1. The molecule has 1 amide bonds. The third kappa shape index (κ3) is 5.99. The molecule has 0 unspecified atom stereocenters. The van der Waals surface area contributed by atoms with Crippen molar-refractivity contribution in [3.8, 4) is 5.75 Å². The molecule has 0 saturated carbocycles. The molecule has 0 aliphatic heterocycles. The van der Waals surface area contributed by atoms with E-state index in [0.717, 1.165) is 0 Å². The molecular weight excluding hydrogens is 386 g/mol. The fraction of sp³-hybridized carbons (Fsp3) is 0.250. The minimum absolute atomic E-state index is 0.287. The summed E-state index contributed by atoms with van der Waals surface area (Å²) in [5, 5.41) is 3.09. The summed E-state index contributed by atoms with van der Waals surface area (Å²) in [6.07, 6.45) is 0. The summed E-state index contributed by atoms with van der Waals surface area (Å²) in [5.74, 6) is -1.35. The number of ether oxygens (including phenoxy) is 3. The van der Waals surface area contributed by atoms with E-state index in [2.05, 4.69) is 10.1 Å². The number of carbonyl (C=O) groups excluding carboxylic acids is 3. The largest absolute Gasteiger partial charge is 0.476 e. The van der Waals surface area contributed by atoms with Gasteiger partial charge in [-0.25, -0.2) is 9.59 Å². The van der Waals surface area contributed by atoms with Gasteiger partial charge in [-0.05, 0) is 56.3 Å². The lowest BCUT2D eigenvalue weighted by molar-refractivity contribution is -0.161. The zero-order chi connectivity index (χ0) is 20.7. The number of halogens is 1. The Balaban J connectivity index is 1.90. The van der Waals surface area contributed by atoms with Crippen LogP contribution in [0.3, 0.4) is 0 Å². The zero-order valence-corrected chi connectivity index (χ0v) is 16.4. The zero-order valence-electron chi connectivity index (χ0n) is 15.7. The van der Waals surface area contributed by atoms with E-state index in [-0.39, 0.29) is 5.56 Å². The second-order valence-corrected chi connectivity index (χ2v) is 6.70. The van der Waals surface area contributed by atoms with Gasteiger partial charge < -0.3 is 19.5 Å². The molecule has 0 aliphatic carbocycles. The molecule has 0 aromatic heterocycles. The van der Waals surface area contributed by atoms with Crippen molar-refractivity contribution >= 4 is 35.1 Å². The summed E-state index contributed by atoms with van der Waals surface area (Å²) in [5.41, 5.74) is -0.644. The predicted molar refractivity (Wildman–Crippen MR) is 104 cm³/mol. The second-order valence-electron chi connectivity index (χ2n) is 6.26. The summed E-state index contributed by atoms with van der Waals surface area (Å²) in [6, 6.07) is 12.7. The van der Waals surface area contributed by atoms with E-state index >= 15 is 0 Å². The van der Waals surface area contributed by atoms with Crippen LogP contribution in [0.15, 0.2) is 48.5 Å². The van der Waals surface area contributed by atoms with Gasteiger partial charge in [0.15, 0.2) is 12.2 Å². The summed E-state index contributed by atoms with van der Waals surface area (Å²) < 4.78 is 15.3. The molecule has 0 atom stereocenters. The Morgan fingerprint density at radius 2 is 1.75 bits per heavy atom. The summed E-state index contributed by atoms with van der Waals surface area (Å²) in [7, 11) is 1.26. The van der Waals surface area contributed by atoms with Crippen molar-refractivity contribution in [3.05, 3.63) is 59.1 Å². The fourth-order valence-corrected chi connectivity index (χ4v) is 2.31. The van der Waals surface area contributed by atoms with Crippen molar-refractivity contribution in [3.63, 3.8) is 0 Å². The molecule has 0 saturated heterocycles. The normalized spacial score (nSPS) is 10.7. The number of anilines is 1. The van der Waals surface area contributed by atoms with Gasteiger partial charge in [0.2, 0.25) is 0 Å². The Bertz CT molecular complexity index is 863. The highest BCUT2D eigenvalue weighted by Crippen LogP contribution is 2.21. The van der Waals surface area contributed by atoms with E-state index in [0.29, 0.717) is 16.5 Å². The smallest absolute Gasteiger partial charge is 0.350 e. The first-order chi connectivity index (χ1) is 13.2. The van der Waals surface area contributed by atoms with Crippen LogP contribution in [0.25, 0.3) is 0 Å². The van der Waals surface area contributed by atoms with Crippen molar-refractivity contribution in [2.24, 2.45) is 0 Å². The summed E-state index contributed by atoms with van der Waals surface area (Å²) in [6.45, 7) is 2.55. The van der Waals surface area contributed by atoms with Crippen LogP contribution in [0.4, 0.5) is 5.69 Å². The molecule has 0 aliphatic rings. The Morgan fingerprint density at radius 3 is 2.39 bits per heavy atom. The number of benzene rings is 2. The standard InChI is InChI=1S/C20H20ClNO6/c1-20(2,28-16-9-7-14(21)8-10-16)19(25)27-12-17(23)22-15-6-4-5-13(11-15)18(24)26-3/h4-11H,12H2,1-3H3,(H,22,23). The first-order valence-electron chi connectivity index (χ1n) is 8.31. The average Bonchev–Trinajstić information content (AvgIpc) is 2.67. The van der Waals surface area contributed by atoms with Gasteiger partial charge in [-0.3, -0.25) is 4.79 Å². The molecule has 1 N–H and O–H groups in total. The van der Waals surface area contributed by atoms with Crippen LogP contribution in [0, 0.1) is 0 Å². The van der Waals surface area contributed by atoms with Crippen molar-refractivity contribution < 1.29 is 28.6 Å². The van der Waals surface area contributed by atoms with Crippen LogP contribution >= 0.6 is 11.6 Å². The Morgan fingerprint density at radius 1 is 1.07 bits per heavy atom. The molecule has 0 radical (unpaired) electrons. The lowest BCUT2D eigenvalue weighted by Crippen LogP contribution is -2.41. The Hall–Kier alpha value is -3.06. The van der Waals surface area contributed by atoms with Gasteiger partial charge in [0, 0.05) is 10.7 Å². The van der Waals surface area contributed by atoms with Crippen LogP contribution in [0.2, 0.25) is 5.02 Å². The van der Waals surface area contributed by atoms with E-state index in [4.69, 9.17) is 21.1 Å². The highest BCUT2D eigenvalue weighted by molar-refractivity contribution is 6.30. The maximum absolute atomic E-state index is 12.3. The molecule has 28 heavy (non-hydrogen) atoms. The van der Waals surface area contributed by atoms with Gasteiger partial charge in [-0.1, -0.05) is 17.7 Å². The topological polar surface area (TPSA) is 90.9 Å². The van der Waals surface area contributed by atoms with Crippen LogP contribution in [0.5, 0.6) is 5.75 Å². The SMILES string of the molecule is COC(=O)c1cccc(NC(=O)COC(=O)C(C)(C)Oc2ccc(Cl)cc2)c1. The fourth-order valence-electron chi connectivity index (χ4n) is 2.18. The van der Waals surface area contributed by atoms with Crippen LogP contribution in [-0.4, -0.2) is 37.2 Å². The Kier molecular flexibility index (Phi) is 7.00. The number of esters is 2. The number of hydrogen-bond donors (Lipinski definition) is 1. The lowest BCUT2D eigenvalue weighted by atomic mass is 10.1. The molecule has 2 aromatic rings. The number of methoxy groups -OCH3 is 1. The third-order valence-electron chi connectivity index (χ3n) is 3.58. The van der Waals surface area contributed by atoms with Gasteiger partial charge in [0.25, 0.3) is 5.91 Å². The average molecular weight is 406 g/mol. The quantitative estimate of drug-likeness (QED) is 0.709. The van der Waals surface area contributed by atoms with E-state index < -0.39 is 30.1 Å². The minimum atomic E-state index is -1.31. The molecular formula is C20H20ClNO6. The van der Waals surface area contributed by atoms with Gasteiger partial charge in [0.1, 0.15) is 5.75 Å². The molecule has 0 spiro atoms. The van der Waals surface area contributed by atoms with Gasteiger partial charge in [0.05, 0.1) is 12.7 Å². The lowest BCUT2D eigenvalue weighted by Gasteiger charge is -2.24. The first kappa shape index (κ1) is 21.2. The second kappa shape index (κ2) is 9.23. The molecule has 2 aromatic carbocycles. The van der Waals surface area contributed by atoms with E-state index in [1.165, 1.54) is 27.0 Å². The molecule has 8 heteroatoms. The van der Waals surface area contributed by atoms with Crippen molar-refractivity contribution in [1.82, 2.24) is 0 Å². The third-order valence-corrected chi connectivity index (χ3v) is 3.83. The molecule has 0 heterocycles. The number of carbonyl (C=O) groups is 3. The van der Waals surface area contributed by atoms with E-state index in [9.17, 15) is 14.4 Å². The van der Waals surface area contributed by atoms with Crippen LogP contribution < -0.4 is 10.1 Å². The first-order valence-corrected chi connectivity index (χ1v) is 8.69. The van der Waals surface area contributed by atoms with Crippen LogP contribution in [0.1, 0.15) is 24.2 Å². The number of amides is 1. The van der Waals surface area contributed by atoms with E-state index in [1.807, 2.05) is 0 Å². The highest BCUT2D eigenvalue weighted by Gasteiger charge is 2.32. The van der Waals surface area contributed by atoms with Crippen molar-refractivity contribution in [1.29, 1.82) is 0 Å². The van der Waals surface area contributed by atoms with E-state index in [1.54, 1.807) is 42.5 Å². The minimum Gasteiger partial charge on any atom is -0.476 e. The molecule has 0 bridgehead atoms. The molecule has 2 rings (SSSR count). The Labute approximate surface area is 167 Å². The van der Waals surface area contributed by atoms with Crippen LogP contribution in [-0.2, 0) is 19.1 Å². The number of hydrogen-bond acceptors (Lipinski definition) is 6. The summed E-state index contributed by atoms with van der Waals surface area (Å²) in [4.78, 5) is 35.8. The highest BCUT2D eigenvalue weighted by atomic mass is 35.5. The molecule has 148 valence electrons. The molecule has 0 fully saturated rings. The summed E-state index contributed by atoms with van der Waals surface area (Å²) >= 11 is 5.81.